The molecule has 34 heavy (non-hydrogen) atoms. The second-order valence-corrected chi connectivity index (χ2v) is 11.8. The lowest BCUT2D eigenvalue weighted by Gasteiger charge is -2.29. The zero-order chi connectivity index (χ0) is 24.7. The van der Waals surface area contributed by atoms with Crippen molar-refractivity contribution in [1.29, 1.82) is 0 Å². The summed E-state index contributed by atoms with van der Waals surface area (Å²) in [7, 11) is -3.19. The minimum Gasteiger partial charge on any atom is -0.454 e. The molecule has 3 aliphatic rings. The molecule has 0 unspecified atom stereocenters. The molecular formula is C23H29N3O7S. The Kier molecular flexibility index (Phi) is 6.41. The Bertz CT molecular complexity index is 1130. The Morgan fingerprint density at radius 1 is 1.26 bits per heavy atom. The van der Waals surface area contributed by atoms with Crippen LogP contribution in [-0.4, -0.2) is 79.3 Å². The molecular weight excluding hydrogens is 462 g/mol. The topological polar surface area (TPSA) is 130 Å². The molecule has 1 N–H and O–H groups in total. The van der Waals surface area contributed by atoms with Crippen LogP contribution in [0.1, 0.15) is 37.8 Å². The number of imide groups is 1. The fourth-order valence-electron chi connectivity index (χ4n) is 5.00. The third-order valence-corrected chi connectivity index (χ3v) is 8.35. The highest BCUT2D eigenvalue weighted by Crippen LogP contribution is 2.41. The van der Waals surface area contributed by atoms with Crippen LogP contribution in [0.2, 0.25) is 0 Å². The summed E-state index contributed by atoms with van der Waals surface area (Å²) in [5.74, 6) is -1.88. The Hall–Kier alpha value is -2.95. The first-order chi connectivity index (χ1) is 16.0. The Morgan fingerprint density at radius 3 is 2.68 bits per heavy atom. The molecule has 184 valence electrons. The van der Waals surface area contributed by atoms with E-state index in [0.29, 0.717) is 25.8 Å². The SMILES string of the molecule is CC(C)CN(C(=O)COC(=O)CN1C(=O)N[C@]2(CCc3ccccc32)C1=O)[C@@H]1CCS(=O)(=O)C1. The van der Waals surface area contributed by atoms with E-state index < -0.39 is 58.4 Å². The summed E-state index contributed by atoms with van der Waals surface area (Å²) in [5.41, 5.74) is 0.534. The molecule has 1 aromatic rings. The van der Waals surface area contributed by atoms with E-state index in [4.69, 9.17) is 4.74 Å². The number of nitrogens with one attached hydrogen (secondary N) is 1. The lowest BCUT2D eigenvalue weighted by atomic mass is 9.92. The van der Waals surface area contributed by atoms with E-state index in [9.17, 15) is 27.6 Å². The molecule has 1 spiro atoms. The average Bonchev–Trinajstić information content (AvgIpc) is 3.40. The molecule has 0 radical (unpaired) electrons. The molecule has 2 saturated heterocycles. The van der Waals surface area contributed by atoms with E-state index in [0.717, 1.165) is 16.0 Å². The van der Waals surface area contributed by atoms with E-state index in [1.807, 2.05) is 26.0 Å². The van der Waals surface area contributed by atoms with Crippen LogP contribution >= 0.6 is 0 Å². The van der Waals surface area contributed by atoms with Crippen molar-refractivity contribution in [2.45, 2.75) is 44.7 Å². The number of urea groups is 1. The van der Waals surface area contributed by atoms with Gasteiger partial charge in [0, 0.05) is 12.6 Å². The Labute approximate surface area is 198 Å². The van der Waals surface area contributed by atoms with Crippen molar-refractivity contribution >= 4 is 33.7 Å². The van der Waals surface area contributed by atoms with Gasteiger partial charge in [0.25, 0.3) is 11.8 Å². The number of hydrogen-bond donors (Lipinski definition) is 1. The van der Waals surface area contributed by atoms with Crippen molar-refractivity contribution < 1.29 is 32.3 Å². The van der Waals surface area contributed by atoms with Crippen LogP contribution in [0.5, 0.6) is 0 Å². The van der Waals surface area contributed by atoms with Crippen LogP contribution < -0.4 is 5.32 Å². The number of hydrogen-bond acceptors (Lipinski definition) is 7. The zero-order valence-electron chi connectivity index (χ0n) is 19.3. The second kappa shape index (κ2) is 9.01. The number of aryl methyl sites for hydroxylation is 1. The maximum atomic E-state index is 13.1. The number of carbonyl (C=O) groups is 4. The molecule has 2 aliphatic heterocycles. The lowest BCUT2D eigenvalue weighted by Crippen LogP contribution is -2.46. The monoisotopic (exact) mass is 491 g/mol. The second-order valence-electron chi connectivity index (χ2n) is 9.54. The fourth-order valence-corrected chi connectivity index (χ4v) is 6.73. The van der Waals surface area contributed by atoms with Gasteiger partial charge in [-0.1, -0.05) is 38.1 Å². The third-order valence-electron chi connectivity index (χ3n) is 6.60. The van der Waals surface area contributed by atoms with Crippen LogP contribution in [0, 0.1) is 5.92 Å². The van der Waals surface area contributed by atoms with Gasteiger partial charge in [-0.05, 0) is 36.3 Å². The summed E-state index contributed by atoms with van der Waals surface area (Å²) in [6.07, 6.45) is 1.40. The van der Waals surface area contributed by atoms with Gasteiger partial charge in [-0.3, -0.25) is 19.3 Å². The molecule has 10 nitrogen and oxygen atoms in total. The van der Waals surface area contributed by atoms with Gasteiger partial charge >= 0.3 is 12.0 Å². The first-order valence-electron chi connectivity index (χ1n) is 11.4. The van der Waals surface area contributed by atoms with Crippen molar-refractivity contribution in [3.63, 3.8) is 0 Å². The van der Waals surface area contributed by atoms with Crippen LogP contribution in [0.15, 0.2) is 24.3 Å². The standard InChI is InChI=1S/C23H29N3O7S/c1-15(2)11-25(17-8-10-34(31,32)14-17)19(27)13-33-20(28)12-26-21(29)23(24-22(26)30)9-7-16-5-3-4-6-18(16)23/h3-6,15,17H,7-14H2,1-2H3,(H,24,30)/t17-,23+/m1/s1. The number of sulfone groups is 1. The Morgan fingerprint density at radius 2 is 2.00 bits per heavy atom. The summed E-state index contributed by atoms with van der Waals surface area (Å²) < 4.78 is 28.8. The quantitative estimate of drug-likeness (QED) is 0.436. The summed E-state index contributed by atoms with van der Waals surface area (Å²) in [4.78, 5) is 53.2. The van der Waals surface area contributed by atoms with Crippen molar-refractivity contribution in [2.24, 2.45) is 5.92 Å². The molecule has 2 atom stereocenters. The zero-order valence-corrected chi connectivity index (χ0v) is 20.1. The maximum Gasteiger partial charge on any atom is 0.326 e. The summed E-state index contributed by atoms with van der Waals surface area (Å²) in [5, 5.41) is 2.74. The molecule has 2 fully saturated rings. The van der Waals surface area contributed by atoms with Gasteiger partial charge in [0.05, 0.1) is 11.5 Å². The molecule has 0 saturated carbocycles. The number of fused-ring (bicyclic) bond motifs is 2. The number of carbonyl (C=O) groups excluding carboxylic acids is 4. The predicted octanol–water partition coefficient (Wildman–Crippen LogP) is 0.595. The van der Waals surface area contributed by atoms with E-state index in [1.54, 1.807) is 12.1 Å². The number of amides is 4. The minimum atomic E-state index is -3.19. The number of esters is 1. The minimum absolute atomic E-state index is 0.0242. The molecule has 4 rings (SSSR count). The van der Waals surface area contributed by atoms with Crippen molar-refractivity contribution in [3.05, 3.63) is 35.4 Å². The smallest absolute Gasteiger partial charge is 0.326 e. The predicted molar refractivity (Wildman–Crippen MR) is 121 cm³/mol. The van der Waals surface area contributed by atoms with Crippen LogP contribution in [0.25, 0.3) is 0 Å². The maximum absolute atomic E-state index is 13.1. The molecule has 0 aromatic heterocycles. The van der Waals surface area contributed by atoms with Gasteiger partial charge in [-0.2, -0.15) is 0 Å². The largest absolute Gasteiger partial charge is 0.454 e. The molecule has 4 amide bonds. The van der Waals surface area contributed by atoms with Gasteiger partial charge in [-0.15, -0.1) is 0 Å². The fraction of sp³-hybridized carbons (Fsp3) is 0.565. The van der Waals surface area contributed by atoms with Crippen molar-refractivity contribution in [3.8, 4) is 0 Å². The van der Waals surface area contributed by atoms with E-state index in [1.165, 1.54) is 4.90 Å². The number of nitrogens with zero attached hydrogens (tertiary/aromatic N) is 2. The van der Waals surface area contributed by atoms with Gasteiger partial charge < -0.3 is 15.0 Å². The van der Waals surface area contributed by atoms with Gasteiger partial charge in [-0.25, -0.2) is 13.2 Å². The van der Waals surface area contributed by atoms with Crippen molar-refractivity contribution in [2.75, 3.05) is 31.2 Å². The highest BCUT2D eigenvalue weighted by molar-refractivity contribution is 7.91. The molecule has 1 aliphatic carbocycles. The van der Waals surface area contributed by atoms with Crippen LogP contribution in [0.4, 0.5) is 4.79 Å². The van der Waals surface area contributed by atoms with E-state index in [-0.39, 0.29) is 17.4 Å². The Balaban J connectivity index is 1.37. The molecule has 1 aromatic carbocycles. The lowest BCUT2D eigenvalue weighted by molar-refractivity contribution is -0.154. The third kappa shape index (κ3) is 4.53. The molecule has 0 bridgehead atoms. The van der Waals surface area contributed by atoms with E-state index >= 15 is 0 Å². The first kappa shape index (κ1) is 24.2. The average molecular weight is 492 g/mol. The van der Waals surface area contributed by atoms with Crippen LogP contribution in [-0.2, 0) is 40.9 Å². The summed E-state index contributed by atoms with van der Waals surface area (Å²) in [6, 6.07) is 6.24. The number of rotatable bonds is 7. The number of ether oxygens (including phenoxy) is 1. The molecule has 2 heterocycles. The van der Waals surface area contributed by atoms with Crippen molar-refractivity contribution in [1.82, 2.24) is 15.1 Å². The highest BCUT2D eigenvalue weighted by atomic mass is 32.2. The summed E-state index contributed by atoms with van der Waals surface area (Å²) in [6.45, 7) is 2.96. The number of benzene rings is 1. The van der Waals surface area contributed by atoms with Crippen LogP contribution in [0.3, 0.4) is 0 Å². The van der Waals surface area contributed by atoms with Gasteiger partial charge in [0.2, 0.25) is 0 Å². The molecule has 11 heteroatoms. The van der Waals surface area contributed by atoms with E-state index in [2.05, 4.69) is 5.32 Å². The normalized spacial score (nSPS) is 25.0. The summed E-state index contributed by atoms with van der Waals surface area (Å²) >= 11 is 0. The van der Waals surface area contributed by atoms with Gasteiger partial charge in [0.1, 0.15) is 12.1 Å². The highest BCUT2D eigenvalue weighted by Gasteiger charge is 2.55. The van der Waals surface area contributed by atoms with Gasteiger partial charge in [0.15, 0.2) is 16.4 Å². The first-order valence-corrected chi connectivity index (χ1v) is 13.2.